The maximum atomic E-state index is 13.9. The van der Waals surface area contributed by atoms with Crippen molar-refractivity contribution in [2.45, 2.75) is 96.7 Å². The summed E-state index contributed by atoms with van der Waals surface area (Å²) in [6.07, 6.45) is 7.22. The molecule has 1 aliphatic heterocycles. The number of benzene rings is 2. The molecule has 0 saturated heterocycles. The summed E-state index contributed by atoms with van der Waals surface area (Å²) < 4.78 is 7.45. The van der Waals surface area contributed by atoms with E-state index in [9.17, 15) is 14.7 Å². The standard InChI is InChI=1S/C34H44N6O4/c1-33(2,3)44-32(43)40(21-25-16-18-27(19-17-25)26-14-10-7-11-15-26)34(4)36-30(38(5)20-24-12-8-6-9-13-24)29-31(37-34)39(23-35-29)22-28(41)42/h6,8-9,12-13,16-19,23,26,37H,7,10-11,14-15,20-22H2,1-5H3,(H,41,42). The van der Waals surface area contributed by atoms with E-state index >= 15 is 0 Å². The maximum Gasteiger partial charge on any atom is 0.413 e. The average molecular weight is 601 g/mol. The summed E-state index contributed by atoms with van der Waals surface area (Å²) in [5.74, 6) is -0.736. The summed E-state index contributed by atoms with van der Waals surface area (Å²) in [4.78, 5) is 38.9. The number of hydrogen-bond donors (Lipinski definition) is 2. The van der Waals surface area contributed by atoms with Crippen LogP contribution in [0.2, 0.25) is 0 Å². The zero-order chi connectivity index (χ0) is 31.5. The van der Waals surface area contributed by atoms with Crippen LogP contribution in [0.4, 0.5) is 10.6 Å². The van der Waals surface area contributed by atoms with E-state index in [1.807, 2.05) is 70.0 Å². The summed E-state index contributed by atoms with van der Waals surface area (Å²) in [7, 11) is 1.92. The van der Waals surface area contributed by atoms with Gasteiger partial charge in [0.2, 0.25) is 5.79 Å². The number of nitrogens with one attached hydrogen (secondary N) is 1. The molecule has 2 aliphatic rings. The van der Waals surface area contributed by atoms with Gasteiger partial charge in [-0.3, -0.25) is 9.69 Å². The minimum absolute atomic E-state index is 0.227. The van der Waals surface area contributed by atoms with Crippen molar-refractivity contribution in [2.75, 3.05) is 12.4 Å². The normalized spacial score (nSPS) is 18.5. The number of imidazole rings is 1. The molecule has 2 aromatic carbocycles. The quantitative estimate of drug-likeness (QED) is 0.306. The minimum atomic E-state index is -1.33. The van der Waals surface area contributed by atoms with Crippen molar-refractivity contribution in [3.8, 4) is 0 Å². The molecule has 1 amide bonds. The number of amides is 1. The molecule has 234 valence electrons. The Morgan fingerprint density at radius 1 is 1.02 bits per heavy atom. The van der Waals surface area contributed by atoms with Crippen LogP contribution in [0.1, 0.15) is 88.1 Å². The van der Waals surface area contributed by atoms with Gasteiger partial charge in [-0.1, -0.05) is 73.9 Å². The second-order valence-corrected chi connectivity index (χ2v) is 13.0. The van der Waals surface area contributed by atoms with Crippen LogP contribution in [0.3, 0.4) is 0 Å². The molecule has 1 atom stereocenters. The van der Waals surface area contributed by atoms with Crippen molar-refractivity contribution in [1.29, 1.82) is 0 Å². The van der Waals surface area contributed by atoms with E-state index in [2.05, 4.69) is 34.6 Å². The van der Waals surface area contributed by atoms with Crippen LogP contribution in [0.5, 0.6) is 0 Å². The molecule has 5 rings (SSSR count). The SMILES string of the molecule is CN(Cc1ccccc1)C1=NC(C)(N(Cc2ccc(C3CCCCC3)cc2)C(=O)OC(C)(C)C)Nc2c1ncn2CC(=O)O. The number of carbonyl (C=O) groups is 2. The molecular weight excluding hydrogens is 556 g/mol. The zero-order valence-corrected chi connectivity index (χ0v) is 26.4. The summed E-state index contributed by atoms with van der Waals surface area (Å²) in [6, 6.07) is 18.5. The van der Waals surface area contributed by atoms with E-state index in [0.29, 0.717) is 29.8 Å². The van der Waals surface area contributed by atoms with Gasteiger partial charge in [-0.05, 0) is 63.1 Å². The molecule has 1 saturated carbocycles. The van der Waals surface area contributed by atoms with Gasteiger partial charge in [0, 0.05) is 13.6 Å². The fourth-order valence-electron chi connectivity index (χ4n) is 6.01. The number of nitrogens with zero attached hydrogens (tertiary/aromatic N) is 5. The van der Waals surface area contributed by atoms with Gasteiger partial charge in [0.1, 0.15) is 23.7 Å². The van der Waals surface area contributed by atoms with Crippen LogP contribution < -0.4 is 5.32 Å². The Morgan fingerprint density at radius 3 is 2.32 bits per heavy atom. The third kappa shape index (κ3) is 7.23. The predicted molar refractivity (Wildman–Crippen MR) is 170 cm³/mol. The summed E-state index contributed by atoms with van der Waals surface area (Å²) in [5.41, 5.74) is 3.13. The topological polar surface area (TPSA) is 112 Å². The van der Waals surface area contributed by atoms with Crippen molar-refractivity contribution in [3.05, 3.63) is 83.3 Å². The highest BCUT2D eigenvalue weighted by Gasteiger charge is 2.43. The van der Waals surface area contributed by atoms with Gasteiger partial charge in [-0.25, -0.2) is 14.8 Å². The van der Waals surface area contributed by atoms with E-state index in [1.54, 1.807) is 4.90 Å². The van der Waals surface area contributed by atoms with E-state index in [-0.39, 0.29) is 13.1 Å². The molecule has 0 radical (unpaired) electrons. The van der Waals surface area contributed by atoms with Gasteiger partial charge in [-0.15, -0.1) is 0 Å². The van der Waals surface area contributed by atoms with E-state index in [0.717, 1.165) is 11.1 Å². The predicted octanol–water partition coefficient (Wildman–Crippen LogP) is 6.43. The monoisotopic (exact) mass is 600 g/mol. The van der Waals surface area contributed by atoms with E-state index < -0.39 is 23.5 Å². The number of amidine groups is 1. The van der Waals surface area contributed by atoms with Crippen molar-refractivity contribution in [3.63, 3.8) is 0 Å². The molecule has 2 N–H and O–H groups in total. The first-order valence-corrected chi connectivity index (χ1v) is 15.4. The average Bonchev–Trinajstić information content (AvgIpc) is 3.36. The molecule has 10 nitrogen and oxygen atoms in total. The lowest BCUT2D eigenvalue weighted by Crippen LogP contribution is -2.57. The molecule has 1 aromatic heterocycles. The fourth-order valence-corrected chi connectivity index (χ4v) is 6.01. The highest BCUT2D eigenvalue weighted by molar-refractivity contribution is 6.03. The van der Waals surface area contributed by atoms with Crippen LogP contribution in [-0.4, -0.2) is 60.8 Å². The van der Waals surface area contributed by atoms with Crippen LogP contribution in [0.25, 0.3) is 0 Å². The lowest BCUT2D eigenvalue weighted by molar-refractivity contribution is -0.137. The number of aromatic nitrogens is 2. The molecule has 1 aliphatic carbocycles. The van der Waals surface area contributed by atoms with Crippen molar-refractivity contribution >= 4 is 23.7 Å². The highest BCUT2D eigenvalue weighted by atomic mass is 16.6. The van der Waals surface area contributed by atoms with E-state index in [1.165, 1.54) is 48.6 Å². The number of rotatable bonds is 8. The third-order valence-corrected chi connectivity index (χ3v) is 8.19. The maximum absolute atomic E-state index is 13.9. The van der Waals surface area contributed by atoms with Crippen molar-refractivity contribution in [1.82, 2.24) is 19.4 Å². The number of carboxylic acids is 1. The molecule has 10 heteroatoms. The number of aliphatic carboxylic acids is 1. The van der Waals surface area contributed by atoms with Gasteiger partial charge in [0.05, 0.1) is 12.9 Å². The van der Waals surface area contributed by atoms with Crippen molar-refractivity contribution < 1.29 is 19.4 Å². The highest BCUT2D eigenvalue weighted by Crippen LogP contribution is 2.35. The van der Waals surface area contributed by atoms with Crippen LogP contribution >= 0.6 is 0 Å². The molecule has 44 heavy (non-hydrogen) atoms. The number of carboxylic acid groups (broad SMARTS) is 1. The molecule has 3 aromatic rings. The number of hydrogen-bond acceptors (Lipinski definition) is 7. The van der Waals surface area contributed by atoms with Crippen LogP contribution in [0, 0.1) is 0 Å². The summed E-state index contributed by atoms with van der Waals surface area (Å²) in [6.45, 7) is 7.78. The van der Waals surface area contributed by atoms with Crippen LogP contribution in [-0.2, 0) is 29.2 Å². The lowest BCUT2D eigenvalue weighted by Gasteiger charge is -2.43. The molecule has 0 spiro atoms. The van der Waals surface area contributed by atoms with Crippen molar-refractivity contribution in [2.24, 2.45) is 4.99 Å². The Bertz CT molecular complexity index is 1490. The smallest absolute Gasteiger partial charge is 0.413 e. The Kier molecular flexibility index (Phi) is 8.99. The van der Waals surface area contributed by atoms with Gasteiger partial charge >= 0.3 is 12.1 Å². The number of anilines is 1. The summed E-state index contributed by atoms with van der Waals surface area (Å²) in [5, 5.41) is 13.0. The van der Waals surface area contributed by atoms with Gasteiger partial charge in [-0.2, -0.15) is 0 Å². The largest absolute Gasteiger partial charge is 0.480 e. The molecule has 1 unspecified atom stereocenters. The van der Waals surface area contributed by atoms with E-state index in [4.69, 9.17) is 9.73 Å². The van der Waals surface area contributed by atoms with Gasteiger partial charge in [0.15, 0.2) is 5.84 Å². The lowest BCUT2D eigenvalue weighted by atomic mass is 9.84. The number of fused-ring (bicyclic) bond motifs is 1. The van der Waals surface area contributed by atoms with Gasteiger partial charge < -0.3 is 24.6 Å². The first-order valence-electron chi connectivity index (χ1n) is 15.4. The summed E-state index contributed by atoms with van der Waals surface area (Å²) >= 11 is 0. The van der Waals surface area contributed by atoms with Crippen LogP contribution in [0.15, 0.2) is 65.9 Å². The second-order valence-electron chi connectivity index (χ2n) is 13.0. The molecule has 0 bridgehead atoms. The Morgan fingerprint density at radius 2 is 1.68 bits per heavy atom. The number of carbonyl (C=O) groups excluding carboxylic acids is 1. The molecule has 2 heterocycles. The number of aliphatic imine (C=N–C) groups is 1. The first-order chi connectivity index (χ1) is 20.9. The molecular formula is C34H44N6O4. The fraction of sp³-hybridized carbons (Fsp3) is 0.471. The zero-order valence-electron chi connectivity index (χ0n) is 26.4. The van der Waals surface area contributed by atoms with Gasteiger partial charge in [0.25, 0.3) is 0 Å². The second kappa shape index (κ2) is 12.7. The first kappa shape index (κ1) is 31.1. The minimum Gasteiger partial charge on any atom is -0.480 e. The Balaban J connectivity index is 1.53. The number of ether oxygens (including phenoxy) is 1. The Hall–Kier alpha value is -4.34. The molecule has 1 fully saturated rings. The third-order valence-electron chi connectivity index (χ3n) is 8.19. The Labute approximate surface area is 259 Å².